The minimum Gasteiger partial charge on any atom is -0.496 e. The van der Waals surface area contributed by atoms with Gasteiger partial charge in [-0.25, -0.2) is 0 Å². The summed E-state index contributed by atoms with van der Waals surface area (Å²) in [5, 5.41) is 9.40. The SMILES string of the molecule is COc1cc(C)cc(C)c1C(C(=O)O)C1CC1. The molecular weight excluding hydrogens is 216 g/mol. The first kappa shape index (κ1) is 12.0. The van der Waals surface area contributed by atoms with Crippen LogP contribution in [0, 0.1) is 19.8 Å². The highest BCUT2D eigenvalue weighted by molar-refractivity contribution is 5.79. The quantitative estimate of drug-likeness (QED) is 0.871. The molecule has 1 saturated carbocycles. The fourth-order valence-electron chi connectivity index (χ4n) is 2.50. The lowest BCUT2D eigenvalue weighted by molar-refractivity contribution is -0.139. The highest BCUT2D eigenvalue weighted by atomic mass is 16.5. The van der Waals surface area contributed by atoms with E-state index in [-0.39, 0.29) is 5.92 Å². The molecular formula is C14H18O3. The summed E-state index contributed by atoms with van der Waals surface area (Å²) in [5.41, 5.74) is 2.97. The average molecular weight is 234 g/mol. The number of hydrogen-bond donors (Lipinski definition) is 1. The Bertz CT molecular complexity index is 447. The van der Waals surface area contributed by atoms with Crippen LogP contribution in [0.5, 0.6) is 5.75 Å². The number of rotatable bonds is 4. The third-order valence-electron chi connectivity index (χ3n) is 3.38. The van der Waals surface area contributed by atoms with E-state index in [1.807, 2.05) is 26.0 Å². The van der Waals surface area contributed by atoms with Crippen molar-refractivity contribution < 1.29 is 14.6 Å². The summed E-state index contributed by atoms with van der Waals surface area (Å²) in [6.45, 7) is 3.95. The molecule has 17 heavy (non-hydrogen) atoms. The van der Waals surface area contributed by atoms with Crippen molar-refractivity contribution in [2.24, 2.45) is 5.92 Å². The molecule has 1 N–H and O–H groups in total. The van der Waals surface area contributed by atoms with Crippen molar-refractivity contribution in [1.29, 1.82) is 0 Å². The third kappa shape index (κ3) is 2.28. The van der Waals surface area contributed by atoms with Gasteiger partial charge in [-0.05, 0) is 49.8 Å². The number of hydrogen-bond acceptors (Lipinski definition) is 2. The van der Waals surface area contributed by atoms with E-state index in [4.69, 9.17) is 4.74 Å². The summed E-state index contributed by atoms with van der Waals surface area (Å²) < 4.78 is 5.35. The maximum Gasteiger partial charge on any atom is 0.311 e. The number of aliphatic carboxylic acids is 1. The van der Waals surface area contributed by atoms with Crippen molar-refractivity contribution in [1.82, 2.24) is 0 Å². The van der Waals surface area contributed by atoms with Crippen LogP contribution in [0.1, 0.15) is 35.4 Å². The number of methoxy groups -OCH3 is 1. The van der Waals surface area contributed by atoms with Gasteiger partial charge in [0.05, 0.1) is 13.0 Å². The Morgan fingerprint density at radius 1 is 1.41 bits per heavy atom. The molecule has 1 aromatic carbocycles. The number of ether oxygens (including phenoxy) is 1. The van der Waals surface area contributed by atoms with E-state index in [9.17, 15) is 9.90 Å². The van der Waals surface area contributed by atoms with Crippen LogP contribution in [0.25, 0.3) is 0 Å². The predicted octanol–water partition coefficient (Wildman–Crippen LogP) is 2.89. The maximum absolute atomic E-state index is 11.4. The molecule has 1 aliphatic rings. The molecule has 0 amide bonds. The fourth-order valence-corrected chi connectivity index (χ4v) is 2.50. The molecule has 0 bridgehead atoms. The molecule has 92 valence electrons. The van der Waals surface area contributed by atoms with Crippen molar-refractivity contribution in [2.45, 2.75) is 32.6 Å². The number of carbonyl (C=O) groups is 1. The van der Waals surface area contributed by atoms with Crippen molar-refractivity contribution in [3.63, 3.8) is 0 Å². The molecule has 1 unspecified atom stereocenters. The lowest BCUT2D eigenvalue weighted by Crippen LogP contribution is -2.16. The number of carboxylic acids is 1. The van der Waals surface area contributed by atoms with Crippen LogP contribution in [0.2, 0.25) is 0 Å². The van der Waals surface area contributed by atoms with Gasteiger partial charge in [0.15, 0.2) is 0 Å². The Morgan fingerprint density at radius 3 is 2.53 bits per heavy atom. The molecule has 0 aliphatic heterocycles. The molecule has 2 rings (SSSR count). The number of carboxylic acid groups (broad SMARTS) is 1. The van der Waals surface area contributed by atoms with E-state index in [1.54, 1.807) is 7.11 Å². The number of benzene rings is 1. The van der Waals surface area contributed by atoms with Crippen LogP contribution in [-0.2, 0) is 4.79 Å². The van der Waals surface area contributed by atoms with E-state index < -0.39 is 11.9 Å². The van der Waals surface area contributed by atoms with Crippen LogP contribution in [-0.4, -0.2) is 18.2 Å². The summed E-state index contributed by atoms with van der Waals surface area (Å²) in [6.07, 6.45) is 2.01. The second-order valence-corrected chi connectivity index (χ2v) is 4.85. The van der Waals surface area contributed by atoms with Crippen molar-refractivity contribution >= 4 is 5.97 Å². The molecule has 1 aliphatic carbocycles. The Balaban J connectivity index is 2.51. The Labute approximate surface area is 101 Å². The Kier molecular flexibility index (Phi) is 3.09. The molecule has 3 heteroatoms. The third-order valence-corrected chi connectivity index (χ3v) is 3.38. The van der Waals surface area contributed by atoms with E-state index in [0.717, 1.165) is 29.5 Å². The van der Waals surface area contributed by atoms with Crippen LogP contribution in [0.3, 0.4) is 0 Å². The number of aryl methyl sites for hydroxylation is 2. The zero-order valence-electron chi connectivity index (χ0n) is 10.5. The van der Waals surface area contributed by atoms with Crippen LogP contribution >= 0.6 is 0 Å². The summed E-state index contributed by atoms with van der Waals surface area (Å²) in [7, 11) is 1.60. The molecule has 0 spiro atoms. The first-order valence-electron chi connectivity index (χ1n) is 5.92. The average Bonchev–Trinajstić information content (AvgIpc) is 3.04. The molecule has 3 nitrogen and oxygen atoms in total. The largest absolute Gasteiger partial charge is 0.496 e. The van der Waals surface area contributed by atoms with Crippen LogP contribution in [0.15, 0.2) is 12.1 Å². The molecule has 1 aromatic rings. The van der Waals surface area contributed by atoms with Gasteiger partial charge in [-0.3, -0.25) is 4.79 Å². The first-order chi connectivity index (χ1) is 8.04. The topological polar surface area (TPSA) is 46.5 Å². The van der Waals surface area contributed by atoms with Crippen molar-refractivity contribution in [2.75, 3.05) is 7.11 Å². The minimum atomic E-state index is -0.738. The van der Waals surface area contributed by atoms with Crippen LogP contribution < -0.4 is 4.74 Å². The maximum atomic E-state index is 11.4. The standard InChI is InChI=1S/C14H18O3/c1-8-6-9(2)12(11(7-8)17-3)13(14(15)16)10-4-5-10/h6-7,10,13H,4-5H2,1-3H3,(H,15,16). The van der Waals surface area contributed by atoms with Gasteiger partial charge in [0, 0.05) is 5.56 Å². The Morgan fingerprint density at radius 2 is 2.06 bits per heavy atom. The summed E-state index contributed by atoms with van der Waals surface area (Å²) >= 11 is 0. The summed E-state index contributed by atoms with van der Waals surface area (Å²) in [6, 6.07) is 3.94. The van der Waals surface area contributed by atoms with E-state index in [0.29, 0.717) is 5.75 Å². The summed E-state index contributed by atoms with van der Waals surface area (Å²) in [5.74, 6) is -0.159. The van der Waals surface area contributed by atoms with Gasteiger partial charge >= 0.3 is 5.97 Å². The second kappa shape index (κ2) is 4.40. The van der Waals surface area contributed by atoms with Gasteiger partial charge in [-0.2, -0.15) is 0 Å². The first-order valence-corrected chi connectivity index (χ1v) is 5.92. The van der Waals surface area contributed by atoms with E-state index in [2.05, 4.69) is 0 Å². The van der Waals surface area contributed by atoms with Gasteiger partial charge in [0.2, 0.25) is 0 Å². The zero-order chi connectivity index (χ0) is 12.6. The normalized spacial score (nSPS) is 16.6. The zero-order valence-corrected chi connectivity index (χ0v) is 10.5. The monoisotopic (exact) mass is 234 g/mol. The van der Waals surface area contributed by atoms with Gasteiger partial charge in [-0.15, -0.1) is 0 Å². The summed E-state index contributed by atoms with van der Waals surface area (Å²) in [4.78, 5) is 11.4. The lowest BCUT2D eigenvalue weighted by atomic mass is 9.89. The van der Waals surface area contributed by atoms with Gasteiger partial charge in [0.25, 0.3) is 0 Å². The van der Waals surface area contributed by atoms with Crippen molar-refractivity contribution in [3.05, 3.63) is 28.8 Å². The van der Waals surface area contributed by atoms with Gasteiger partial charge in [0.1, 0.15) is 5.75 Å². The van der Waals surface area contributed by atoms with Crippen LogP contribution in [0.4, 0.5) is 0 Å². The second-order valence-electron chi connectivity index (χ2n) is 4.85. The molecule has 0 heterocycles. The van der Waals surface area contributed by atoms with E-state index >= 15 is 0 Å². The fraction of sp³-hybridized carbons (Fsp3) is 0.500. The lowest BCUT2D eigenvalue weighted by Gasteiger charge is -2.19. The molecule has 0 aromatic heterocycles. The van der Waals surface area contributed by atoms with E-state index in [1.165, 1.54) is 0 Å². The minimum absolute atomic E-state index is 0.280. The van der Waals surface area contributed by atoms with Crippen molar-refractivity contribution in [3.8, 4) is 5.75 Å². The molecule has 1 fully saturated rings. The molecule has 1 atom stereocenters. The highest BCUT2D eigenvalue weighted by Crippen LogP contribution is 2.46. The van der Waals surface area contributed by atoms with Gasteiger partial charge < -0.3 is 9.84 Å². The Hall–Kier alpha value is -1.51. The van der Waals surface area contributed by atoms with Gasteiger partial charge in [-0.1, -0.05) is 6.07 Å². The molecule has 0 saturated heterocycles. The highest BCUT2D eigenvalue weighted by Gasteiger charge is 2.39. The smallest absolute Gasteiger partial charge is 0.311 e. The predicted molar refractivity (Wildman–Crippen MR) is 65.6 cm³/mol. The molecule has 0 radical (unpaired) electrons.